The molecule has 4 aromatic carbocycles. The first-order chi connectivity index (χ1) is 49.2. The van der Waals surface area contributed by atoms with Gasteiger partial charge in [0.1, 0.15) is 80.6 Å². The van der Waals surface area contributed by atoms with Gasteiger partial charge in [0.2, 0.25) is 11.8 Å². The molecule has 4 aromatic rings. The molecule has 0 saturated carbocycles. The fraction of sp³-hybridized carbons (Fsp3) is 0.487. The molecule has 2 fully saturated rings. The zero-order valence-corrected chi connectivity index (χ0v) is 62.4. The summed E-state index contributed by atoms with van der Waals surface area (Å²) in [4.78, 5) is 48.5. The molecule has 0 aromatic heterocycles. The first-order valence-corrected chi connectivity index (χ1v) is 35.1. The van der Waals surface area contributed by atoms with Crippen molar-refractivity contribution < 1.29 is 62.1 Å². The van der Waals surface area contributed by atoms with Crippen LogP contribution in [0.15, 0.2) is 88.1 Å². The Hall–Kier alpha value is -9.49. The molecular weight excluding hydrogens is 1310 g/mol. The number of nitrogens with zero attached hydrogens (tertiary/aromatic N) is 6. The van der Waals surface area contributed by atoms with Crippen LogP contribution in [-0.4, -0.2) is 178 Å². The third-order valence-corrected chi connectivity index (χ3v) is 20.5. The highest BCUT2D eigenvalue weighted by molar-refractivity contribution is 5.85. The van der Waals surface area contributed by atoms with Crippen molar-refractivity contribution in [2.75, 3.05) is 81.0 Å². The smallest absolute Gasteiger partial charge is 0.408 e. The monoisotopic (exact) mass is 1410 g/mol. The fourth-order valence-corrected chi connectivity index (χ4v) is 16.6. The van der Waals surface area contributed by atoms with E-state index in [1.807, 2.05) is 27.8 Å². The van der Waals surface area contributed by atoms with E-state index in [0.717, 1.165) is 66.9 Å². The Morgan fingerprint density at radius 2 is 0.942 bits per heavy atom. The van der Waals surface area contributed by atoms with Crippen molar-refractivity contribution in [2.45, 2.75) is 173 Å². The van der Waals surface area contributed by atoms with Crippen molar-refractivity contribution in [2.24, 2.45) is 5.73 Å². The first-order valence-electron chi connectivity index (χ1n) is 35.1. The minimum atomic E-state index is -0.912. The second-order valence-electron chi connectivity index (χ2n) is 28.2. The first kappa shape index (κ1) is 77.7. The molecule has 6 N–H and O–H groups in total. The van der Waals surface area contributed by atoms with Crippen LogP contribution < -0.4 is 59.6 Å². The Bertz CT molecular complexity index is 4040. The van der Waals surface area contributed by atoms with Crippen molar-refractivity contribution in [1.82, 2.24) is 35.6 Å². The van der Waals surface area contributed by atoms with Crippen LogP contribution in [0, 0.1) is 57.3 Å². The molecule has 103 heavy (non-hydrogen) atoms. The van der Waals surface area contributed by atoms with Gasteiger partial charge in [-0.25, -0.2) is 4.79 Å². The van der Waals surface area contributed by atoms with Gasteiger partial charge in [-0.05, 0) is 142 Å². The number of aromatic hydroxyl groups is 1. The number of amides is 3. The number of benzene rings is 4. The summed E-state index contributed by atoms with van der Waals surface area (Å²) in [5.41, 5.74) is 17.2. The number of hydrogen-bond acceptors (Lipinski definition) is 20. The van der Waals surface area contributed by atoms with Crippen molar-refractivity contribution in [1.29, 1.82) is 10.5 Å². The molecule has 0 unspecified atom stereocenters. The molecule has 3 amide bonds. The van der Waals surface area contributed by atoms with E-state index in [-0.39, 0.29) is 101 Å². The Morgan fingerprint density at radius 1 is 0.563 bits per heavy atom. The molecule has 4 bridgehead atoms. The number of ether oxygens (including phenoxy) is 9. The molecule has 10 rings (SSSR count). The maximum absolute atomic E-state index is 13.8. The van der Waals surface area contributed by atoms with Crippen LogP contribution in [0.4, 0.5) is 4.79 Å². The van der Waals surface area contributed by atoms with Crippen LogP contribution in [0.2, 0.25) is 0 Å². The highest BCUT2D eigenvalue weighted by atomic mass is 16.6. The number of rotatable bonds is 27. The molecule has 6 aliphatic heterocycles. The highest BCUT2D eigenvalue weighted by Gasteiger charge is 2.59. The molecule has 0 aliphatic carbocycles. The molecule has 2 saturated heterocycles. The number of nitrogens with one attached hydrogen (secondary N) is 3. The summed E-state index contributed by atoms with van der Waals surface area (Å²) in [7, 11) is 7.37. The Kier molecular flexibility index (Phi) is 24.8. The largest absolute Gasteiger partial charge is 0.504 e. The van der Waals surface area contributed by atoms with Gasteiger partial charge in [0.15, 0.2) is 34.5 Å². The molecule has 6 heterocycles. The molecule has 0 spiro atoms. The number of fused-ring (bicyclic) bond motifs is 14. The number of phenols is 1. The maximum atomic E-state index is 13.8. The lowest BCUT2D eigenvalue weighted by atomic mass is 9.71. The zero-order valence-electron chi connectivity index (χ0n) is 62.4. The van der Waals surface area contributed by atoms with E-state index >= 15 is 0 Å². The lowest BCUT2D eigenvalue weighted by molar-refractivity contribution is -0.124. The van der Waals surface area contributed by atoms with Crippen LogP contribution in [0.1, 0.15) is 131 Å². The number of nitrogens with two attached hydrogens (primary N) is 1. The Balaban J connectivity index is 0.000000241. The number of aryl methyl sites for hydroxylation is 2. The van der Waals surface area contributed by atoms with Crippen molar-refractivity contribution >= 4 is 17.9 Å². The van der Waals surface area contributed by atoms with Gasteiger partial charge in [-0.3, -0.25) is 29.2 Å². The SMILES string of the molecule is C=CCOc1c(C)c(OCC=C)c(OCC=C)c2c1C[C@H]1[C@H]3c4c(cc(C)c(OC)c4C)C[C@@H]([C@H](C#N)N1[C@H]2CNC(=O)[C@H](C)NC(=O)OC(C)(C)C)N3C.C=CCOc1c(C)c(OCC=C)c(OCC=C)c2c1C[C@H]1[C@H]3c4c(cc(C)c(OC)c4O)C[C@@H]([C@H](C#N)N1[C@H]2CNC(=O)[C@H](C)N)N3C. The van der Waals surface area contributed by atoms with Gasteiger partial charge >= 0.3 is 6.09 Å². The molecular formula is C80H104N10O13. The lowest BCUT2D eigenvalue weighted by Gasteiger charge is -2.60. The zero-order chi connectivity index (χ0) is 75.2. The van der Waals surface area contributed by atoms with Gasteiger partial charge in [-0.1, -0.05) is 88.1 Å². The number of piperazine rings is 2. The second-order valence-corrected chi connectivity index (χ2v) is 28.2. The predicted octanol–water partition coefficient (Wildman–Crippen LogP) is 10.1. The predicted molar refractivity (Wildman–Crippen MR) is 396 cm³/mol. The second kappa shape index (κ2) is 32.9. The summed E-state index contributed by atoms with van der Waals surface area (Å²) < 4.78 is 55.5. The average molecular weight is 1410 g/mol. The van der Waals surface area contributed by atoms with Crippen LogP contribution in [0.5, 0.6) is 51.7 Å². The minimum absolute atomic E-state index is 0.0857. The standard InChI is InChI=1S/C43H57N5O7.C37H47N5O6/c1-13-16-52-38-26(6)39(53-17-14-2)40(54-18-15-3)35-29(38)21-31-36-34-25(5)37(51-12)24(4)19-28(34)20-30(47(36)11)32(22-44)48(31)33(35)23-45-41(49)27(7)46-42(50)55-43(8,9)10;1-9-12-46-34-21(5)35(47-13-10-2)36(48-14-11-3)30-24(34)17-26-31-29-23(15-20(4)33(45-8)32(29)43)16-25(41(31)7)27(18-38)42(26)28(30)19-40-37(44)22(6)39/h13-15,19,27,30-33,36H,1-3,16-18,20-21,23H2,4-12H3,(H,45,49)(H,46,50);9-11,15,22,25-28,31,43H,1-3,12-14,16-17,19,39H2,4-8H3,(H,40,44)/t27-,30-,31-,32-,33-,36-;22-,25-,26-,27-,28-,31-/m00/s1. The topological polar surface area (TPSA) is 277 Å². The van der Waals surface area contributed by atoms with E-state index in [1.54, 1.807) is 85.3 Å². The van der Waals surface area contributed by atoms with Gasteiger partial charge in [0, 0.05) is 76.2 Å². The molecule has 23 nitrogen and oxygen atoms in total. The summed E-state index contributed by atoms with van der Waals surface area (Å²) in [5, 5.41) is 42.6. The number of methoxy groups -OCH3 is 2. The number of phenolic OH excluding ortho intramolecular Hbond substituents is 1. The lowest BCUT2D eigenvalue weighted by Crippen LogP contribution is -2.69. The van der Waals surface area contributed by atoms with Gasteiger partial charge in [0.25, 0.3) is 0 Å². The normalized spacial score (nSPS) is 22.6. The molecule has 552 valence electrons. The summed E-state index contributed by atoms with van der Waals surface area (Å²) in [6.07, 6.45) is 11.5. The molecule has 12 atom stereocenters. The maximum Gasteiger partial charge on any atom is 0.408 e. The van der Waals surface area contributed by atoms with Crippen LogP contribution in [-0.2, 0) is 40.0 Å². The fourth-order valence-electron chi connectivity index (χ4n) is 16.6. The van der Waals surface area contributed by atoms with Crippen molar-refractivity contribution in [3.05, 3.63) is 160 Å². The van der Waals surface area contributed by atoms with Gasteiger partial charge in [0.05, 0.1) is 56.6 Å². The number of carbonyl (C=O) groups excluding carboxylic acids is 3. The molecule has 0 radical (unpaired) electrons. The quantitative estimate of drug-likeness (QED) is 0.0347. The highest BCUT2D eigenvalue weighted by Crippen LogP contribution is 2.60. The number of hydrogen-bond donors (Lipinski definition) is 5. The number of nitriles is 2. The van der Waals surface area contributed by atoms with Crippen LogP contribution in [0.3, 0.4) is 0 Å². The summed E-state index contributed by atoms with van der Waals surface area (Å²) in [6, 6.07) is 4.27. The summed E-state index contributed by atoms with van der Waals surface area (Å²) in [5.74, 6) is 3.88. The number of carbonyl (C=O) groups is 3. The summed E-state index contributed by atoms with van der Waals surface area (Å²) in [6.45, 7) is 43.2. The van der Waals surface area contributed by atoms with E-state index in [4.69, 9.17) is 48.4 Å². The average Bonchev–Trinajstić information content (AvgIpc) is 0.705. The number of likely N-dealkylation sites (N-methyl/N-ethyl adjacent to an activating group) is 2. The summed E-state index contributed by atoms with van der Waals surface area (Å²) >= 11 is 0. The number of alkyl carbamates (subject to hydrolysis) is 1. The molecule has 23 heteroatoms. The third-order valence-electron chi connectivity index (χ3n) is 20.5. The Morgan fingerprint density at radius 3 is 1.33 bits per heavy atom. The van der Waals surface area contributed by atoms with E-state index in [1.165, 1.54) is 11.1 Å². The van der Waals surface area contributed by atoms with E-state index in [9.17, 15) is 30.0 Å². The minimum Gasteiger partial charge on any atom is -0.504 e. The van der Waals surface area contributed by atoms with Crippen molar-refractivity contribution in [3.63, 3.8) is 0 Å². The molecule has 6 aliphatic rings. The van der Waals surface area contributed by atoms with Crippen LogP contribution in [0.25, 0.3) is 0 Å². The van der Waals surface area contributed by atoms with Gasteiger partial charge in [-0.2, -0.15) is 10.5 Å². The Labute approximate surface area is 607 Å². The van der Waals surface area contributed by atoms with E-state index < -0.39 is 53.9 Å². The van der Waals surface area contributed by atoms with Gasteiger partial charge < -0.3 is 69.4 Å². The van der Waals surface area contributed by atoms with Gasteiger partial charge in [-0.15, -0.1) is 0 Å². The van der Waals surface area contributed by atoms with Crippen LogP contribution >= 0.6 is 0 Å². The third kappa shape index (κ3) is 14.9. The van der Waals surface area contributed by atoms with Crippen molar-refractivity contribution in [3.8, 4) is 63.9 Å². The van der Waals surface area contributed by atoms with E-state index in [0.29, 0.717) is 65.9 Å². The van der Waals surface area contributed by atoms with E-state index in [2.05, 4.69) is 120 Å².